The van der Waals surface area contributed by atoms with Crippen molar-refractivity contribution in [2.24, 2.45) is 5.41 Å². The fourth-order valence-corrected chi connectivity index (χ4v) is 7.26. The maximum absolute atomic E-state index is 13.2. The van der Waals surface area contributed by atoms with Crippen molar-refractivity contribution < 1.29 is 23.0 Å². The van der Waals surface area contributed by atoms with Gasteiger partial charge >= 0.3 is 0 Å². The number of hydrogen-bond donors (Lipinski definition) is 3. The molecule has 2 heterocycles. The molecule has 3 N–H and O–H groups in total. The van der Waals surface area contributed by atoms with E-state index in [1.807, 2.05) is 18.2 Å². The summed E-state index contributed by atoms with van der Waals surface area (Å²) in [5.41, 5.74) is 3.59. The van der Waals surface area contributed by atoms with E-state index in [1.54, 1.807) is 60.9 Å². The van der Waals surface area contributed by atoms with E-state index in [0.717, 1.165) is 29.7 Å². The third-order valence-electron chi connectivity index (χ3n) is 8.10. The second-order valence-corrected chi connectivity index (χ2v) is 15.6. The Morgan fingerprint density at radius 2 is 1.67 bits per heavy atom. The number of nitrogens with zero attached hydrogens (tertiary/aromatic N) is 1. The Kier molecular flexibility index (Phi) is 10.1. The van der Waals surface area contributed by atoms with Crippen LogP contribution in [0, 0.1) is 5.41 Å². The lowest BCUT2D eigenvalue weighted by atomic mass is 9.72. The van der Waals surface area contributed by atoms with Crippen LogP contribution in [0.3, 0.4) is 0 Å². The third kappa shape index (κ3) is 8.87. The van der Waals surface area contributed by atoms with Crippen LogP contribution >= 0.6 is 0 Å². The van der Waals surface area contributed by atoms with Crippen LogP contribution in [0.4, 0.5) is 5.69 Å². The van der Waals surface area contributed by atoms with Gasteiger partial charge in [-0.2, -0.15) is 0 Å². The minimum absolute atomic E-state index is 0.0486. The van der Waals surface area contributed by atoms with Crippen LogP contribution in [0.2, 0.25) is 0 Å². The zero-order valence-electron chi connectivity index (χ0n) is 27.3. The van der Waals surface area contributed by atoms with Gasteiger partial charge < -0.3 is 19.9 Å². The molecule has 1 aliphatic heterocycles. The number of hydrogen-bond acceptors (Lipinski definition) is 7. The maximum atomic E-state index is 13.2. The van der Waals surface area contributed by atoms with E-state index in [0.29, 0.717) is 36.7 Å². The van der Waals surface area contributed by atoms with Crippen molar-refractivity contribution in [2.75, 3.05) is 17.8 Å². The van der Waals surface area contributed by atoms with Gasteiger partial charge in [0, 0.05) is 36.7 Å². The van der Waals surface area contributed by atoms with E-state index in [-0.39, 0.29) is 21.8 Å². The monoisotopic (exact) mass is 643 g/mol. The highest BCUT2D eigenvalue weighted by molar-refractivity contribution is 7.92. The molecule has 4 aromatic rings. The van der Waals surface area contributed by atoms with Crippen molar-refractivity contribution >= 4 is 15.7 Å². The van der Waals surface area contributed by atoms with Gasteiger partial charge in [-0.25, -0.2) is 8.42 Å². The molecule has 1 aromatic heterocycles. The topological polar surface area (TPSA) is 110 Å². The number of rotatable bonds is 12. The first-order valence-electron chi connectivity index (χ1n) is 15.8. The lowest BCUT2D eigenvalue weighted by molar-refractivity contribution is 0.146. The molecule has 2 atom stereocenters. The van der Waals surface area contributed by atoms with Gasteiger partial charge in [0.05, 0.1) is 11.0 Å². The summed E-state index contributed by atoms with van der Waals surface area (Å²) >= 11 is 0. The molecule has 0 radical (unpaired) electrons. The first-order valence-corrected chi connectivity index (χ1v) is 17.3. The van der Waals surface area contributed by atoms with Crippen LogP contribution in [-0.2, 0) is 21.9 Å². The summed E-state index contributed by atoms with van der Waals surface area (Å²) in [4.78, 5) is 4.23. The summed E-state index contributed by atoms with van der Waals surface area (Å²) in [7, 11) is -3.81. The molecule has 0 fully saturated rings. The van der Waals surface area contributed by atoms with Crippen LogP contribution in [0.15, 0.2) is 96.2 Å². The molecule has 1 aliphatic rings. The number of ether oxygens (including phenoxy) is 2. The summed E-state index contributed by atoms with van der Waals surface area (Å²) in [5, 5.41) is 13.6. The van der Waals surface area contributed by atoms with E-state index in [4.69, 9.17) is 9.47 Å². The number of sulfonamides is 1. The molecule has 0 bridgehead atoms. The second-order valence-electron chi connectivity index (χ2n) is 13.9. The largest absolute Gasteiger partial charge is 0.489 e. The summed E-state index contributed by atoms with van der Waals surface area (Å²) in [6, 6.07) is 23.7. The summed E-state index contributed by atoms with van der Waals surface area (Å²) < 4.78 is 41.3. The minimum atomic E-state index is -3.81. The molecule has 5 rings (SSSR count). The molecule has 0 amide bonds. The number of fused-ring (bicyclic) bond motifs is 1. The molecule has 0 saturated carbocycles. The fourth-order valence-electron chi connectivity index (χ4n) is 6.15. The lowest BCUT2D eigenvalue weighted by Crippen LogP contribution is -2.36. The number of nitrogens with one attached hydrogen (secondary N) is 2. The van der Waals surface area contributed by atoms with Crippen molar-refractivity contribution in [2.45, 2.75) is 76.4 Å². The Balaban J connectivity index is 1.14. The highest BCUT2D eigenvalue weighted by Gasteiger charge is 2.27. The number of aryl methyl sites for hydroxylation is 1. The quantitative estimate of drug-likeness (QED) is 0.148. The number of pyridine rings is 1. The van der Waals surface area contributed by atoms with Crippen LogP contribution < -0.4 is 19.5 Å². The van der Waals surface area contributed by atoms with E-state index in [1.165, 1.54) is 5.56 Å². The lowest BCUT2D eigenvalue weighted by Gasteiger charge is -2.33. The van der Waals surface area contributed by atoms with Crippen molar-refractivity contribution in [3.05, 3.63) is 108 Å². The molecular formula is C37H45N3O5S. The zero-order chi connectivity index (χ0) is 33.0. The summed E-state index contributed by atoms with van der Waals surface area (Å²) in [5.74, 6) is 2.02. The van der Waals surface area contributed by atoms with Crippen LogP contribution in [0.1, 0.15) is 70.3 Å². The molecule has 9 heteroatoms. The molecule has 244 valence electrons. The molecular weight excluding hydrogens is 598 g/mol. The van der Waals surface area contributed by atoms with E-state index in [2.05, 4.69) is 61.8 Å². The predicted molar refractivity (Wildman–Crippen MR) is 182 cm³/mol. The van der Waals surface area contributed by atoms with Crippen molar-refractivity contribution in [1.29, 1.82) is 0 Å². The Bertz CT molecular complexity index is 1700. The first kappa shape index (κ1) is 33.4. The van der Waals surface area contributed by atoms with Gasteiger partial charge in [-0.1, -0.05) is 52.8 Å². The Morgan fingerprint density at radius 1 is 0.978 bits per heavy atom. The predicted octanol–water partition coefficient (Wildman–Crippen LogP) is 7.41. The molecule has 46 heavy (non-hydrogen) atoms. The second kappa shape index (κ2) is 13.8. The van der Waals surface area contributed by atoms with Crippen molar-refractivity contribution in [1.82, 2.24) is 10.3 Å². The SMILES string of the molecule is CC(C)(C)CC(C)(C)c1ccc(Oc2ccc(NS(=O)(=O)c3ccc4c(c3)CCC(CNCC(O)c3cccnc3)O4)cc2)cc1. The van der Waals surface area contributed by atoms with Crippen molar-refractivity contribution in [3.8, 4) is 17.2 Å². The number of anilines is 1. The fraction of sp³-hybridized carbons (Fsp3) is 0.378. The zero-order valence-corrected chi connectivity index (χ0v) is 28.1. The standard InChI is InChI=1S/C37H45N3O5S/c1-36(2,3)25-37(4,5)28-9-14-30(15-10-28)44-31-16-11-29(12-17-31)40-46(42,43)33-18-19-35-26(21-33)8-13-32(45-35)23-39-24-34(41)27-7-6-20-38-22-27/h6-7,9-12,14-22,32,34,39-41H,8,13,23-25H2,1-5H3. The van der Waals surface area contributed by atoms with Gasteiger partial charge in [0.2, 0.25) is 0 Å². The van der Waals surface area contributed by atoms with Gasteiger partial charge in [-0.15, -0.1) is 0 Å². The van der Waals surface area contributed by atoms with E-state index in [9.17, 15) is 13.5 Å². The third-order valence-corrected chi connectivity index (χ3v) is 9.48. The highest BCUT2D eigenvalue weighted by atomic mass is 32.2. The summed E-state index contributed by atoms with van der Waals surface area (Å²) in [6.07, 6.45) is 5.09. The van der Waals surface area contributed by atoms with Crippen LogP contribution in [0.25, 0.3) is 0 Å². The Labute approximate surface area is 273 Å². The van der Waals surface area contributed by atoms with E-state index >= 15 is 0 Å². The molecule has 8 nitrogen and oxygen atoms in total. The van der Waals surface area contributed by atoms with Crippen molar-refractivity contribution in [3.63, 3.8) is 0 Å². The molecule has 0 saturated heterocycles. The highest BCUT2D eigenvalue weighted by Crippen LogP contribution is 2.37. The Hall–Kier alpha value is -3.92. The van der Waals surface area contributed by atoms with Crippen LogP contribution in [0.5, 0.6) is 17.2 Å². The van der Waals surface area contributed by atoms with Gasteiger partial charge in [-0.3, -0.25) is 9.71 Å². The minimum Gasteiger partial charge on any atom is -0.489 e. The van der Waals surface area contributed by atoms with Gasteiger partial charge in [0.15, 0.2) is 0 Å². The molecule has 2 unspecified atom stereocenters. The molecule has 0 aliphatic carbocycles. The number of aliphatic hydroxyl groups excluding tert-OH is 1. The van der Waals surface area contributed by atoms with Gasteiger partial charge in [-0.05, 0) is 102 Å². The normalized spacial score (nSPS) is 15.8. The average Bonchev–Trinajstić information content (AvgIpc) is 3.01. The number of aromatic nitrogens is 1. The maximum Gasteiger partial charge on any atom is 0.261 e. The van der Waals surface area contributed by atoms with E-state index < -0.39 is 16.1 Å². The molecule has 3 aromatic carbocycles. The first-order chi connectivity index (χ1) is 21.8. The average molecular weight is 644 g/mol. The smallest absolute Gasteiger partial charge is 0.261 e. The number of aliphatic hydroxyl groups is 1. The number of benzene rings is 3. The van der Waals surface area contributed by atoms with Crippen LogP contribution in [-0.4, -0.2) is 37.7 Å². The van der Waals surface area contributed by atoms with Gasteiger partial charge in [0.25, 0.3) is 10.0 Å². The summed E-state index contributed by atoms with van der Waals surface area (Å²) in [6.45, 7) is 12.3. The molecule has 0 spiro atoms. The Morgan fingerprint density at radius 3 is 2.33 bits per heavy atom. The van der Waals surface area contributed by atoms with Gasteiger partial charge in [0.1, 0.15) is 23.4 Å².